The monoisotopic (exact) mass is 582 g/mol. The molecule has 18 nitrogen and oxygen atoms in total. The SMILES string of the molecule is NC[C@@H]1CN(C[C@@H]2[C@H](NC(=O)/C(=N\OC3(C(=O)O)CC3)c3csc(N)n3)C(=O)N2S(=O)(=O)O)S(=O)(=O)N1. The quantitative estimate of drug-likeness (QED) is 0.0665. The number of nitrogens with one attached hydrogen (secondary N) is 2. The Labute approximate surface area is 213 Å². The molecule has 0 aromatic carbocycles. The smallest absolute Gasteiger partial charge is 0.362 e. The second-order valence-electron chi connectivity index (χ2n) is 8.40. The highest BCUT2D eigenvalue weighted by atomic mass is 32.2. The number of hydrogen-bond donors (Lipinski definition) is 6. The van der Waals surface area contributed by atoms with Gasteiger partial charge in [0.15, 0.2) is 10.8 Å². The molecule has 3 fully saturated rings. The van der Waals surface area contributed by atoms with Gasteiger partial charge < -0.3 is 26.7 Å². The van der Waals surface area contributed by atoms with E-state index in [0.717, 1.165) is 15.6 Å². The number of carboxylic acid groups (broad SMARTS) is 1. The summed E-state index contributed by atoms with van der Waals surface area (Å²) >= 11 is 0.928. The first kappa shape index (κ1) is 27.1. The molecule has 3 atom stereocenters. The molecule has 0 radical (unpaired) electrons. The first-order chi connectivity index (χ1) is 17.2. The zero-order valence-corrected chi connectivity index (χ0v) is 21.1. The number of carboxylic acids is 1. The lowest BCUT2D eigenvalue weighted by Gasteiger charge is -2.45. The number of nitrogens with zero attached hydrogens (tertiary/aromatic N) is 4. The van der Waals surface area contributed by atoms with Crippen molar-refractivity contribution in [3.8, 4) is 0 Å². The number of hydrogen-bond acceptors (Lipinski definition) is 13. The summed E-state index contributed by atoms with van der Waals surface area (Å²) in [6.45, 7) is -0.827. The van der Waals surface area contributed by atoms with Crippen molar-refractivity contribution in [3.05, 3.63) is 11.1 Å². The van der Waals surface area contributed by atoms with Crippen LogP contribution in [-0.2, 0) is 39.7 Å². The summed E-state index contributed by atoms with van der Waals surface area (Å²) in [5, 5.41) is 16.5. The Morgan fingerprint density at radius 2 is 2.08 bits per heavy atom. The minimum absolute atomic E-state index is 0.0335. The van der Waals surface area contributed by atoms with Crippen molar-refractivity contribution in [2.24, 2.45) is 10.9 Å². The molecule has 21 heteroatoms. The van der Waals surface area contributed by atoms with E-state index in [9.17, 15) is 40.9 Å². The van der Waals surface area contributed by atoms with Crippen LogP contribution in [0.4, 0.5) is 5.13 Å². The number of rotatable bonds is 10. The van der Waals surface area contributed by atoms with Crippen LogP contribution in [0.1, 0.15) is 18.5 Å². The van der Waals surface area contributed by atoms with Gasteiger partial charge in [0.05, 0.1) is 6.04 Å². The molecule has 1 saturated carbocycles. The van der Waals surface area contributed by atoms with E-state index in [4.69, 9.17) is 16.3 Å². The van der Waals surface area contributed by atoms with Gasteiger partial charge in [-0.1, -0.05) is 5.16 Å². The van der Waals surface area contributed by atoms with Gasteiger partial charge in [-0.25, -0.2) is 14.1 Å². The van der Waals surface area contributed by atoms with E-state index < -0.39 is 74.3 Å². The Morgan fingerprint density at radius 3 is 2.57 bits per heavy atom. The average Bonchev–Trinajstić information content (AvgIpc) is 3.38. The summed E-state index contributed by atoms with van der Waals surface area (Å²) in [4.78, 5) is 46.0. The van der Waals surface area contributed by atoms with E-state index in [1.54, 1.807) is 0 Å². The lowest BCUT2D eigenvalue weighted by atomic mass is 9.98. The number of nitrogen functional groups attached to an aromatic ring is 1. The van der Waals surface area contributed by atoms with Crippen molar-refractivity contribution in [3.63, 3.8) is 0 Å². The lowest BCUT2D eigenvalue weighted by molar-refractivity contribution is -0.153. The average molecular weight is 583 g/mol. The van der Waals surface area contributed by atoms with Crippen LogP contribution in [0.5, 0.6) is 0 Å². The molecule has 2 saturated heterocycles. The van der Waals surface area contributed by atoms with E-state index in [-0.39, 0.29) is 41.1 Å². The largest absolute Gasteiger partial charge is 0.478 e. The van der Waals surface area contributed by atoms with E-state index in [0.29, 0.717) is 0 Å². The highest BCUT2D eigenvalue weighted by Gasteiger charge is 2.57. The summed E-state index contributed by atoms with van der Waals surface area (Å²) in [5.41, 5.74) is 8.79. The molecule has 8 N–H and O–H groups in total. The molecule has 3 aliphatic rings. The van der Waals surface area contributed by atoms with Gasteiger partial charge in [-0.2, -0.15) is 25.9 Å². The number of carbonyl (C=O) groups excluding carboxylic acids is 2. The number of oxime groups is 1. The molecule has 204 valence electrons. The highest BCUT2D eigenvalue weighted by molar-refractivity contribution is 7.87. The van der Waals surface area contributed by atoms with Crippen LogP contribution < -0.4 is 21.5 Å². The number of aliphatic carboxylic acids is 1. The Kier molecular flexibility index (Phi) is 6.89. The maximum atomic E-state index is 13.1. The van der Waals surface area contributed by atoms with Gasteiger partial charge in [0.2, 0.25) is 5.60 Å². The van der Waals surface area contributed by atoms with Gasteiger partial charge in [0.1, 0.15) is 11.7 Å². The van der Waals surface area contributed by atoms with Crippen LogP contribution in [0.3, 0.4) is 0 Å². The third-order valence-corrected chi connectivity index (χ3v) is 9.08. The fourth-order valence-corrected chi connectivity index (χ4v) is 6.60. The van der Waals surface area contributed by atoms with Crippen molar-refractivity contribution in [1.82, 2.24) is 23.6 Å². The van der Waals surface area contributed by atoms with Gasteiger partial charge in [-0.15, -0.1) is 11.3 Å². The Bertz CT molecular complexity index is 1370. The predicted octanol–water partition coefficient (Wildman–Crippen LogP) is -3.96. The van der Waals surface area contributed by atoms with E-state index in [2.05, 4.69) is 20.2 Å². The molecule has 2 amide bonds. The molecule has 0 bridgehead atoms. The molecular formula is C16H22N8O10S3. The maximum absolute atomic E-state index is 13.1. The number of carbonyl (C=O) groups is 3. The van der Waals surface area contributed by atoms with E-state index in [1.165, 1.54) is 5.38 Å². The van der Waals surface area contributed by atoms with Gasteiger partial charge in [0.25, 0.3) is 22.0 Å². The predicted molar refractivity (Wildman–Crippen MR) is 124 cm³/mol. The second kappa shape index (κ2) is 9.41. The van der Waals surface area contributed by atoms with Crippen molar-refractivity contribution in [2.45, 2.75) is 36.6 Å². The molecule has 2 aliphatic heterocycles. The first-order valence-electron chi connectivity index (χ1n) is 10.5. The minimum atomic E-state index is -5.11. The molecule has 1 aliphatic carbocycles. The van der Waals surface area contributed by atoms with Crippen LogP contribution in [0.25, 0.3) is 0 Å². The van der Waals surface area contributed by atoms with Crippen molar-refractivity contribution < 1.29 is 45.7 Å². The van der Waals surface area contributed by atoms with Crippen LogP contribution in [0.2, 0.25) is 0 Å². The molecule has 0 spiro atoms. The maximum Gasteiger partial charge on any atom is 0.362 e. The van der Waals surface area contributed by atoms with Crippen LogP contribution in [0, 0.1) is 0 Å². The number of aromatic nitrogens is 1. The topological polar surface area (TPSA) is 277 Å². The van der Waals surface area contributed by atoms with E-state index in [1.807, 2.05) is 0 Å². The number of β-lactam (4-membered cyclic amide) rings is 1. The van der Waals surface area contributed by atoms with Crippen molar-refractivity contribution in [1.29, 1.82) is 0 Å². The Morgan fingerprint density at radius 1 is 1.41 bits per heavy atom. The normalized spacial score (nSPS) is 27.0. The molecule has 3 heterocycles. The number of nitrogens with two attached hydrogens (primary N) is 2. The van der Waals surface area contributed by atoms with Gasteiger partial charge in [-0.3, -0.25) is 14.1 Å². The number of anilines is 1. The van der Waals surface area contributed by atoms with Gasteiger partial charge >= 0.3 is 16.3 Å². The van der Waals surface area contributed by atoms with Crippen LogP contribution >= 0.6 is 11.3 Å². The van der Waals surface area contributed by atoms with Crippen molar-refractivity contribution >= 4 is 60.5 Å². The zero-order valence-electron chi connectivity index (χ0n) is 18.7. The van der Waals surface area contributed by atoms with Crippen LogP contribution in [0.15, 0.2) is 10.5 Å². The third kappa shape index (κ3) is 5.23. The molecule has 1 aromatic heterocycles. The summed E-state index contributed by atoms with van der Waals surface area (Å²) in [5.74, 6) is -3.67. The van der Waals surface area contributed by atoms with Crippen LogP contribution in [-0.4, -0.2) is 107 Å². The summed E-state index contributed by atoms with van der Waals surface area (Å²) in [7, 11) is -9.20. The Hall–Kier alpha value is -2.95. The Balaban J connectivity index is 1.59. The molecule has 1 aromatic rings. The molecule has 0 unspecified atom stereocenters. The summed E-state index contributed by atoms with van der Waals surface area (Å²) < 4.78 is 60.9. The lowest BCUT2D eigenvalue weighted by Crippen LogP contribution is -2.74. The van der Waals surface area contributed by atoms with Gasteiger partial charge in [-0.05, 0) is 0 Å². The second-order valence-corrected chi connectivity index (χ2v) is 12.3. The molecular weight excluding hydrogens is 560 g/mol. The highest BCUT2D eigenvalue weighted by Crippen LogP contribution is 2.40. The standard InChI is InChI=1S/C16H22N8O10S3/c17-3-7-4-23(36(29,30)22-7)5-9-11(13(26)24(9)37(31,32)33)20-12(25)10(8-6-35-15(18)19-8)21-34-16(1-2-16)14(27)28/h6-7,9,11,22H,1-5,17H2,(H2,18,19)(H,20,25)(H,27,28)(H,31,32,33)/b21-10-/t7-,9-,11+/m1/s1. The summed E-state index contributed by atoms with van der Waals surface area (Å²) in [6, 6.07) is -3.82. The third-order valence-electron chi connectivity index (χ3n) is 5.84. The minimum Gasteiger partial charge on any atom is -0.478 e. The fourth-order valence-electron chi connectivity index (χ4n) is 3.71. The molecule has 37 heavy (non-hydrogen) atoms. The number of thiazole rings is 1. The summed E-state index contributed by atoms with van der Waals surface area (Å²) in [6.07, 6.45) is 0.267. The first-order valence-corrected chi connectivity index (χ1v) is 14.2. The number of amides is 2. The zero-order chi connectivity index (χ0) is 27.3. The fraction of sp³-hybridized carbons (Fsp3) is 0.562. The van der Waals surface area contributed by atoms with Crippen molar-refractivity contribution in [2.75, 3.05) is 25.4 Å². The van der Waals surface area contributed by atoms with E-state index >= 15 is 0 Å². The van der Waals surface area contributed by atoms with Gasteiger partial charge in [0, 0.05) is 43.9 Å². The molecule has 4 rings (SSSR count).